The minimum atomic E-state index is -0.120. The normalized spacial score (nSPS) is 10.4. The van der Waals surface area contributed by atoms with Crippen LogP contribution in [0.2, 0.25) is 0 Å². The minimum absolute atomic E-state index is 0.120. The summed E-state index contributed by atoms with van der Waals surface area (Å²) in [4.78, 5) is 11.3. The smallest absolute Gasteiger partial charge is 0.204 e. The molecule has 0 fully saturated rings. The third-order valence-electron chi connectivity index (χ3n) is 2.37. The molecule has 0 amide bonds. The zero-order valence-corrected chi connectivity index (χ0v) is 9.05. The summed E-state index contributed by atoms with van der Waals surface area (Å²) in [5, 5.41) is 4.17. The van der Waals surface area contributed by atoms with Crippen LogP contribution in [0.25, 0.3) is 5.69 Å². The Hall–Kier alpha value is -1.94. The third kappa shape index (κ3) is 2.01. The third-order valence-corrected chi connectivity index (χ3v) is 2.37. The van der Waals surface area contributed by atoms with Gasteiger partial charge in [0.05, 0.1) is 5.69 Å². The maximum absolute atomic E-state index is 11.3. The van der Waals surface area contributed by atoms with Crippen LogP contribution in [-0.2, 0) is 6.54 Å². The Labute approximate surface area is 93.3 Å². The Morgan fingerprint density at radius 2 is 1.94 bits per heavy atom. The van der Waals surface area contributed by atoms with Crippen LogP contribution in [0.1, 0.15) is 11.3 Å². The SMILES string of the molecule is Cc1ccc(-n2ccc(=O)c(CN)n2)cc1. The van der Waals surface area contributed by atoms with Crippen LogP contribution in [0.3, 0.4) is 0 Å². The molecular weight excluding hydrogens is 202 g/mol. The van der Waals surface area contributed by atoms with E-state index in [9.17, 15) is 4.79 Å². The molecule has 4 nitrogen and oxygen atoms in total. The van der Waals surface area contributed by atoms with Gasteiger partial charge in [-0.1, -0.05) is 17.7 Å². The summed E-state index contributed by atoms with van der Waals surface area (Å²) in [5.41, 5.74) is 7.81. The summed E-state index contributed by atoms with van der Waals surface area (Å²) in [5.74, 6) is 0. The van der Waals surface area contributed by atoms with Gasteiger partial charge in [0, 0.05) is 18.8 Å². The van der Waals surface area contributed by atoms with Gasteiger partial charge in [-0.25, -0.2) is 4.68 Å². The molecule has 16 heavy (non-hydrogen) atoms. The van der Waals surface area contributed by atoms with Crippen molar-refractivity contribution in [2.24, 2.45) is 5.73 Å². The molecule has 0 aliphatic carbocycles. The van der Waals surface area contributed by atoms with Crippen molar-refractivity contribution in [3.05, 3.63) is 58.0 Å². The molecule has 0 atom stereocenters. The Morgan fingerprint density at radius 3 is 2.56 bits per heavy atom. The molecule has 0 spiro atoms. The van der Waals surface area contributed by atoms with E-state index < -0.39 is 0 Å². The second-order valence-corrected chi connectivity index (χ2v) is 3.61. The monoisotopic (exact) mass is 215 g/mol. The minimum Gasteiger partial charge on any atom is -0.325 e. The summed E-state index contributed by atoms with van der Waals surface area (Å²) in [6, 6.07) is 9.38. The van der Waals surface area contributed by atoms with Crippen molar-refractivity contribution in [1.29, 1.82) is 0 Å². The lowest BCUT2D eigenvalue weighted by Gasteiger charge is -2.06. The summed E-state index contributed by atoms with van der Waals surface area (Å²) in [7, 11) is 0. The maximum atomic E-state index is 11.3. The van der Waals surface area contributed by atoms with Crippen LogP contribution in [0, 0.1) is 6.92 Å². The van der Waals surface area contributed by atoms with Crippen molar-refractivity contribution in [1.82, 2.24) is 9.78 Å². The Morgan fingerprint density at radius 1 is 1.25 bits per heavy atom. The molecule has 1 heterocycles. The zero-order chi connectivity index (χ0) is 11.5. The first-order chi connectivity index (χ1) is 7.70. The fourth-order valence-corrected chi connectivity index (χ4v) is 1.43. The second kappa shape index (κ2) is 4.28. The van der Waals surface area contributed by atoms with Gasteiger partial charge >= 0.3 is 0 Å². The lowest BCUT2D eigenvalue weighted by atomic mass is 10.2. The van der Waals surface area contributed by atoms with Crippen molar-refractivity contribution in [2.45, 2.75) is 13.5 Å². The number of nitrogens with two attached hydrogens (primary N) is 1. The molecule has 4 heteroatoms. The predicted molar refractivity (Wildman–Crippen MR) is 62.5 cm³/mol. The molecule has 82 valence electrons. The van der Waals surface area contributed by atoms with Crippen molar-refractivity contribution in [3.8, 4) is 5.69 Å². The number of benzene rings is 1. The van der Waals surface area contributed by atoms with Crippen LogP contribution in [-0.4, -0.2) is 9.78 Å². The lowest BCUT2D eigenvalue weighted by molar-refractivity contribution is 0.776. The molecule has 0 aliphatic rings. The van der Waals surface area contributed by atoms with Crippen LogP contribution < -0.4 is 11.2 Å². The average molecular weight is 215 g/mol. The Bertz CT molecular complexity index is 543. The molecule has 1 aromatic carbocycles. The Kier molecular flexibility index (Phi) is 2.83. The predicted octanol–water partition coefficient (Wildman–Crippen LogP) is 1.000. The van der Waals surface area contributed by atoms with E-state index in [-0.39, 0.29) is 12.0 Å². The molecular formula is C12H13N3O. The van der Waals surface area contributed by atoms with Crippen molar-refractivity contribution in [2.75, 3.05) is 0 Å². The largest absolute Gasteiger partial charge is 0.325 e. The molecule has 2 aromatic rings. The van der Waals surface area contributed by atoms with Crippen LogP contribution in [0.4, 0.5) is 0 Å². The molecule has 2 rings (SSSR count). The van der Waals surface area contributed by atoms with E-state index in [0.717, 1.165) is 5.69 Å². The van der Waals surface area contributed by atoms with E-state index in [4.69, 9.17) is 5.73 Å². The van der Waals surface area contributed by atoms with Crippen LogP contribution >= 0.6 is 0 Å². The van der Waals surface area contributed by atoms with E-state index in [0.29, 0.717) is 5.69 Å². The van der Waals surface area contributed by atoms with Crippen molar-refractivity contribution >= 4 is 0 Å². The standard InChI is InChI=1S/C12H13N3O/c1-9-2-4-10(5-3-9)15-7-6-12(16)11(8-13)14-15/h2-7H,8,13H2,1H3. The number of nitrogens with zero attached hydrogens (tertiary/aromatic N) is 2. The zero-order valence-electron chi connectivity index (χ0n) is 9.05. The van der Waals surface area contributed by atoms with Gasteiger partial charge in [0.2, 0.25) is 5.43 Å². The quantitative estimate of drug-likeness (QED) is 0.813. The molecule has 0 aliphatic heterocycles. The Balaban J connectivity index is 2.48. The van der Waals surface area contributed by atoms with Gasteiger partial charge in [-0.05, 0) is 19.1 Å². The van der Waals surface area contributed by atoms with Gasteiger partial charge in [0.15, 0.2) is 0 Å². The molecule has 0 bridgehead atoms. The summed E-state index contributed by atoms with van der Waals surface area (Å²) >= 11 is 0. The molecule has 0 saturated heterocycles. The highest BCUT2D eigenvalue weighted by atomic mass is 16.1. The van der Waals surface area contributed by atoms with E-state index >= 15 is 0 Å². The van der Waals surface area contributed by atoms with Gasteiger partial charge in [-0.3, -0.25) is 4.79 Å². The average Bonchev–Trinajstić information content (AvgIpc) is 2.31. The fraction of sp³-hybridized carbons (Fsp3) is 0.167. The van der Waals surface area contributed by atoms with Crippen LogP contribution in [0.15, 0.2) is 41.3 Å². The molecule has 1 aromatic heterocycles. The number of rotatable bonds is 2. The van der Waals surface area contributed by atoms with Crippen molar-refractivity contribution in [3.63, 3.8) is 0 Å². The van der Waals surface area contributed by atoms with Crippen LogP contribution in [0.5, 0.6) is 0 Å². The summed E-state index contributed by atoms with van der Waals surface area (Å²) < 4.78 is 1.66. The molecule has 2 N–H and O–H groups in total. The number of aryl methyl sites for hydroxylation is 1. The summed E-state index contributed by atoms with van der Waals surface area (Å²) in [6.07, 6.45) is 1.64. The second-order valence-electron chi connectivity index (χ2n) is 3.61. The summed E-state index contributed by atoms with van der Waals surface area (Å²) in [6.45, 7) is 2.18. The molecule has 0 radical (unpaired) electrons. The van der Waals surface area contributed by atoms with E-state index in [2.05, 4.69) is 5.10 Å². The highest BCUT2D eigenvalue weighted by molar-refractivity contribution is 5.33. The van der Waals surface area contributed by atoms with Gasteiger partial charge < -0.3 is 5.73 Å². The van der Waals surface area contributed by atoms with Gasteiger partial charge in [-0.15, -0.1) is 0 Å². The molecule has 0 unspecified atom stereocenters. The number of hydrogen-bond donors (Lipinski definition) is 1. The highest BCUT2D eigenvalue weighted by Gasteiger charge is 2.01. The maximum Gasteiger partial charge on any atom is 0.204 e. The topological polar surface area (TPSA) is 60.9 Å². The van der Waals surface area contributed by atoms with E-state index in [1.807, 2.05) is 31.2 Å². The first kappa shape index (κ1) is 10.6. The van der Waals surface area contributed by atoms with E-state index in [1.54, 1.807) is 10.9 Å². The van der Waals surface area contributed by atoms with Crippen molar-refractivity contribution < 1.29 is 0 Å². The lowest BCUT2D eigenvalue weighted by Crippen LogP contribution is -2.18. The first-order valence-electron chi connectivity index (χ1n) is 5.06. The van der Waals surface area contributed by atoms with Gasteiger partial charge in [0.25, 0.3) is 0 Å². The molecule has 0 saturated carbocycles. The van der Waals surface area contributed by atoms with Gasteiger partial charge in [-0.2, -0.15) is 5.10 Å². The van der Waals surface area contributed by atoms with E-state index in [1.165, 1.54) is 11.6 Å². The first-order valence-corrected chi connectivity index (χ1v) is 5.06. The van der Waals surface area contributed by atoms with Gasteiger partial charge in [0.1, 0.15) is 5.69 Å². The number of aromatic nitrogens is 2. The number of hydrogen-bond acceptors (Lipinski definition) is 3. The fourth-order valence-electron chi connectivity index (χ4n) is 1.43. The highest BCUT2D eigenvalue weighted by Crippen LogP contribution is 2.06.